The third kappa shape index (κ3) is 4.40. The van der Waals surface area contributed by atoms with E-state index in [1.165, 1.54) is 49.6 Å². The summed E-state index contributed by atoms with van der Waals surface area (Å²) < 4.78 is 27.7. The maximum absolute atomic E-state index is 13.9. The lowest BCUT2D eigenvalue weighted by molar-refractivity contribution is 0.0818. The Balaban J connectivity index is 1.73. The molecule has 1 aliphatic rings. The predicted molar refractivity (Wildman–Crippen MR) is 131 cm³/mol. The van der Waals surface area contributed by atoms with Crippen LogP contribution in [0, 0.1) is 5.41 Å². The smallest absolute Gasteiger partial charge is 0.275 e. The standard InChI is InChI=1S/C25H27F2N5O4/c1-25(9-4-5-10-25)22(15-13(23(26)27)7-6-11-28-15)31-17-16(20(34)21(17)35)30-14-8-12-29-18(19(14)33)24(36)32(2)3/h6-8,11-12,22-23,31,33H,4-5,9-10H2,1-3H3,(H,29,30)/t22-/m0/s1. The van der Waals surface area contributed by atoms with Crippen molar-refractivity contribution in [2.24, 2.45) is 5.41 Å². The van der Waals surface area contributed by atoms with Gasteiger partial charge in [-0.15, -0.1) is 0 Å². The van der Waals surface area contributed by atoms with Gasteiger partial charge in [0.25, 0.3) is 23.2 Å². The SMILES string of the molecule is CN(C)C(=O)c1nccc(Nc2c(N[C@@H](c3ncccc3C(F)F)C3(C)CCCC3)c(=O)c2=O)c1O. The molecule has 190 valence electrons. The molecular formula is C25H27F2N5O4. The highest BCUT2D eigenvalue weighted by Crippen LogP contribution is 2.50. The largest absolute Gasteiger partial charge is 0.504 e. The Labute approximate surface area is 205 Å². The molecule has 0 bridgehead atoms. The minimum Gasteiger partial charge on any atom is -0.504 e. The number of aromatic hydroxyl groups is 1. The van der Waals surface area contributed by atoms with Gasteiger partial charge < -0.3 is 20.6 Å². The first-order valence-electron chi connectivity index (χ1n) is 11.5. The molecule has 36 heavy (non-hydrogen) atoms. The molecule has 3 aromatic rings. The van der Waals surface area contributed by atoms with Gasteiger partial charge in [0, 0.05) is 32.1 Å². The van der Waals surface area contributed by atoms with Gasteiger partial charge in [0.05, 0.1) is 17.4 Å². The lowest BCUT2D eigenvalue weighted by atomic mass is 9.77. The van der Waals surface area contributed by atoms with E-state index >= 15 is 0 Å². The molecule has 1 fully saturated rings. The molecule has 2 heterocycles. The topological polar surface area (TPSA) is 125 Å². The Kier molecular flexibility index (Phi) is 6.75. The maximum atomic E-state index is 13.9. The maximum Gasteiger partial charge on any atom is 0.275 e. The summed E-state index contributed by atoms with van der Waals surface area (Å²) in [7, 11) is 2.99. The van der Waals surface area contributed by atoms with Crippen molar-refractivity contribution in [1.29, 1.82) is 0 Å². The molecule has 0 spiro atoms. The van der Waals surface area contributed by atoms with Crippen LogP contribution in [-0.2, 0) is 0 Å². The number of halogens is 2. The Morgan fingerprint density at radius 1 is 1.08 bits per heavy atom. The average molecular weight is 500 g/mol. The second kappa shape index (κ2) is 9.63. The number of anilines is 3. The molecule has 1 aromatic carbocycles. The van der Waals surface area contributed by atoms with Crippen molar-refractivity contribution in [2.45, 2.75) is 45.1 Å². The van der Waals surface area contributed by atoms with Gasteiger partial charge in [0.1, 0.15) is 11.4 Å². The van der Waals surface area contributed by atoms with Gasteiger partial charge in [-0.3, -0.25) is 19.4 Å². The number of amides is 1. The number of nitrogens with one attached hydrogen (secondary N) is 2. The van der Waals surface area contributed by atoms with Crippen LogP contribution in [0.15, 0.2) is 40.2 Å². The summed E-state index contributed by atoms with van der Waals surface area (Å²) >= 11 is 0. The second-order valence-electron chi connectivity index (χ2n) is 9.51. The first-order chi connectivity index (χ1) is 17.0. The first-order valence-corrected chi connectivity index (χ1v) is 11.5. The van der Waals surface area contributed by atoms with E-state index in [9.17, 15) is 28.3 Å². The van der Waals surface area contributed by atoms with E-state index in [1.54, 1.807) is 0 Å². The highest BCUT2D eigenvalue weighted by atomic mass is 19.3. The van der Waals surface area contributed by atoms with Crippen LogP contribution in [0.1, 0.15) is 66.8 Å². The first kappa shape index (κ1) is 25.2. The number of carbonyl (C=O) groups is 1. The van der Waals surface area contributed by atoms with Crippen molar-refractivity contribution in [3.8, 4) is 5.75 Å². The van der Waals surface area contributed by atoms with E-state index in [-0.39, 0.29) is 34.0 Å². The summed E-state index contributed by atoms with van der Waals surface area (Å²) in [6.45, 7) is 1.95. The fourth-order valence-electron chi connectivity index (χ4n) is 4.75. The number of pyridine rings is 2. The van der Waals surface area contributed by atoms with E-state index < -0.39 is 40.4 Å². The summed E-state index contributed by atoms with van der Waals surface area (Å²) in [5, 5.41) is 16.4. The molecular weight excluding hydrogens is 472 g/mol. The number of hydrogen-bond donors (Lipinski definition) is 3. The summed E-state index contributed by atoms with van der Waals surface area (Å²) in [6.07, 6.45) is 3.18. The van der Waals surface area contributed by atoms with Crippen LogP contribution in [-0.4, -0.2) is 40.0 Å². The molecule has 9 nitrogen and oxygen atoms in total. The normalized spacial score (nSPS) is 15.7. The third-order valence-corrected chi connectivity index (χ3v) is 6.81. The molecule has 1 amide bonds. The molecule has 4 rings (SSSR count). The van der Waals surface area contributed by atoms with Gasteiger partial charge in [-0.25, -0.2) is 13.8 Å². The minimum atomic E-state index is -2.77. The van der Waals surface area contributed by atoms with E-state index in [2.05, 4.69) is 20.6 Å². The minimum absolute atomic E-state index is 0.0000775. The molecule has 11 heteroatoms. The second-order valence-corrected chi connectivity index (χ2v) is 9.51. The molecule has 1 aliphatic carbocycles. The number of hydrogen-bond acceptors (Lipinski definition) is 8. The molecule has 1 saturated carbocycles. The van der Waals surface area contributed by atoms with Crippen molar-refractivity contribution < 1.29 is 18.7 Å². The molecule has 2 aromatic heterocycles. The van der Waals surface area contributed by atoms with Crippen molar-refractivity contribution in [1.82, 2.24) is 14.9 Å². The highest BCUT2D eigenvalue weighted by Gasteiger charge is 2.42. The number of rotatable bonds is 8. The summed E-state index contributed by atoms with van der Waals surface area (Å²) in [5.74, 6) is -1.04. The van der Waals surface area contributed by atoms with Gasteiger partial charge in [0.2, 0.25) is 0 Å². The molecule has 0 aliphatic heterocycles. The average Bonchev–Trinajstić information content (AvgIpc) is 3.30. The highest BCUT2D eigenvalue weighted by molar-refractivity contribution is 5.97. The van der Waals surface area contributed by atoms with E-state index in [0.29, 0.717) is 0 Å². The molecule has 0 saturated heterocycles. The Bertz CT molecular complexity index is 1360. The van der Waals surface area contributed by atoms with Gasteiger partial charge in [-0.05, 0) is 36.5 Å². The number of aromatic nitrogens is 2. The molecule has 0 unspecified atom stereocenters. The zero-order valence-corrected chi connectivity index (χ0v) is 20.1. The fraction of sp³-hybridized carbons (Fsp3) is 0.400. The van der Waals surface area contributed by atoms with Crippen LogP contribution in [0.5, 0.6) is 5.75 Å². The van der Waals surface area contributed by atoms with Crippen molar-refractivity contribution in [3.05, 3.63) is 68.0 Å². The number of nitrogens with zero attached hydrogens (tertiary/aromatic N) is 3. The van der Waals surface area contributed by atoms with Crippen LogP contribution in [0.2, 0.25) is 0 Å². The van der Waals surface area contributed by atoms with Crippen LogP contribution in [0.4, 0.5) is 25.8 Å². The quantitative estimate of drug-likeness (QED) is 0.399. The Hall–Kier alpha value is -3.89. The van der Waals surface area contributed by atoms with Gasteiger partial charge in [-0.2, -0.15) is 0 Å². The molecule has 3 N–H and O–H groups in total. The summed E-state index contributed by atoms with van der Waals surface area (Å²) in [6, 6.07) is 3.33. The van der Waals surface area contributed by atoms with E-state index in [0.717, 1.165) is 25.7 Å². The van der Waals surface area contributed by atoms with Crippen molar-refractivity contribution in [2.75, 3.05) is 24.7 Å². The van der Waals surface area contributed by atoms with Crippen LogP contribution < -0.4 is 21.5 Å². The lowest BCUT2D eigenvalue weighted by Crippen LogP contribution is -2.40. The monoisotopic (exact) mass is 499 g/mol. The predicted octanol–water partition coefficient (Wildman–Crippen LogP) is 3.89. The van der Waals surface area contributed by atoms with E-state index in [4.69, 9.17) is 0 Å². The summed E-state index contributed by atoms with van der Waals surface area (Å²) in [4.78, 5) is 46.8. The number of carbonyl (C=O) groups excluding carboxylic acids is 1. The Morgan fingerprint density at radius 2 is 1.75 bits per heavy atom. The van der Waals surface area contributed by atoms with Crippen LogP contribution in [0.3, 0.4) is 0 Å². The summed E-state index contributed by atoms with van der Waals surface area (Å²) in [5.41, 5.74) is -2.69. The molecule has 0 radical (unpaired) electrons. The molecule has 1 atom stereocenters. The van der Waals surface area contributed by atoms with Crippen LogP contribution >= 0.6 is 0 Å². The zero-order chi connectivity index (χ0) is 26.2. The Morgan fingerprint density at radius 3 is 2.39 bits per heavy atom. The van der Waals surface area contributed by atoms with Gasteiger partial charge in [0.15, 0.2) is 11.4 Å². The van der Waals surface area contributed by atoms with Crippen molar-refractivity contribution >= 4 is 23.0 Å². The van der Waals surface area contributed by atoms with Gasteiger partial charge in [-0.1, -0.05) is 19.8 Å². The van der Waals surface area contributed by atoms with Crippen LogP contribution in [0.25, 0.3) is 0 Å². The lowest BCUT2D eigenvalue weighted by Gasteiger charge is -2.36. The fourth-order valence-corrected chi connectivity index (χ4v) is 4.75. The van der Waals surface area contributed by atoms with E-state index in [1.807, 2.05) is 6.92 Å². The van der Waals surface area contributed by atoms with Gasteiger partial charge >= 0.3 is 0 Å². The van der Waals surface area contributed by atoms with Crippen molar-refractivity contribution in [3.63, 3.8) is 0 Å². The third-order valence-electron chi connectivity index (χ3n) is 6.81. The zero-order valence-electron chi connectivity index (χ0n) is 20.1. The number of alkyl halides is 2.